The number of nitrogens with zero attached hydrogens (tertiary/aromatic N) is 1. The quantitative estimate of drug-likeness (QED) is 0.721. The highest BCUT2D eigenvalue weighted by atomic mass is 79.9. The standard InChI is InChI=1S/C15H26BrNO/c1-12(16)14-7-9-17(10-8-14)15(18)11-13-5-3-2-4-6-13/h12-14H,2-11H2,1H3. The fourth-order valence-electron chi connectivity index (χ4n) is 3.38. The van der Waals surface area contributed by atoms with Gasteiger partial charge in [-0.3, -0.25) is 4.79 Å². The lowest BCUT2D eigenvalue weighted by molar-refractivity contribution is -0.133. The van der Waals surface area contributed by atoms with E-state index in [-0.39, 0.29) is 0 Å². The molecule has 1 aliphatic heterocycles. The first kappa shape index (κ1) is 14.4. The van der Waals surface area contributed by atoms with E-state index in [0.717, 1.165) is 25.4 Å². The summed E-state index contributed by atoms with van der Waals surface area (Å²) >= 11 is 3.67. The number of hydrogen-bond donors (Lipinski definition) is 0. The number of amides is 1. The van der Waals surface area contributed by atoms with E-state index in [4.69, 9.17) is 0 Å². The monoisotopic (exact) mass is 315 g/mol. The summed E-state index contributed by atoms with van der Waals surface area (Å²) in [4.78, 5) is 15.0. The van der Waals surface area contributed by atoms with E-state index in [1.807, 2.05) is 0 Å². The van der Waals surface area contributed by atoms with E-state index in [1.54, 1.807) is 0 Å². The molecule has 1 saturated carbocycles. The van der Waals surface area contributed by atoms with E-state index in [0.29, 0.717) is 16.7 Å². The SMILES string of the molecule is CC(Br)C1CCN(C(=O)CC2CCCCC2)CC1. The van der Waals surface area contributed by atoms with Crippen molar-refractivity contribution in [2.24, 2.45) is 11.8 Å². The Balaban J connectivity index is 1.73. The van der Waals surface area contributed by atoms with Crippen molar-refractivity contribution < 1.29 is 4.79 Å². The van der Waals surface area contributed by atoms with Crippen LogP contribution in [-0.4, -0.2) is 28.7 Å². The highest BCUT2D eigenvalue weighted by Gasteiger charge is 2.26. The zero-order valence-corrected chi connectivity index (χ0v) is 13.1. The van der Waals surface area contributed by atoms with Gasteiger partial charge in [-0.05, 0) is 37.5 Å². The lowest BCUT2D eigenvalue weighted by Crippen LogP contribution is -2.40. The van der Waals surface area contributed by atoms with Crippen LogP contribution >= 0.6 is 15.9 Å². The Morgan fingerprint density at radius 1 is 1.17 bits per heavy atom. The molecule has 1 aliphatic carbocycles. The number of carbonyl (C=O) groups is 1. The minimum absolute atomic E-state index is 0.419. The molecule has 0 aromatic heterocycles. The zero-order chi connectivity index (χ0) is 13.0. The van der Waals surface area contributed by atoms with Crippen LogP contribution < -0.4 is 0 Å². The molecule has 0 bridgehead atoms. The first-order valence-electron chi connectivity index (χ1n) is 7.58. The molecular weight excluding hydrogens is 290 g/mol. The van der Waals surface area contributed by atoms with Gasteiger partial charge in [-0.2, -0.15) is 0 Å². The molecule has 3 heteroatoms. The molecule has 1 unspecified atom stereocenters. The van der Waals surface area contributed by atoms with Crippen LogP contribution in [0.5, 0.6) is 0 Å². The normalized spacial score (nSPS) is 25.1. The summed E-state index contributed by atoms with van der Waals surface area (Å²) in [7, 11) is 0. The van der Waals surface area contributed by atoms with Crippen LogP contribution in [-0.2, 0) is 4.79 Å². The van der Waals surface area contributed by atoms with Crippen molar-refractivity contribution in [1.29, 1.82) is 0 Å². The van der Waals surface area contributed by atoms with Gasteiger partial charge in [0.2, 0.25) is 5.91 Å². The van der Waals surface area contributed by atoms with Gasteiger partial charge in [0.05, 0.1) is 0 Å². The van der Waals surface area contributed by atoms with Gasteiger partial charge in [-0.25, -0.2) is 0 Å². The molecule has 1 atom stereocenters. The molecule has 1 heterocycles. The van der Waals surface area contributed by atoms with Crippen molar-refractivity contribution in [1.82, 2.24) is 4.90 Å². The van der Waals surface area contributed by atoms with Crippen LogP contribution in [0, 0.1) is 11.8 Å². The van der Waals surface area contributed by atoms with E-state index < -0.39 is 0 Å². The van der Waals surface area contributed by atoms with E-state index in [2.05, 4.69) is 27.8 Å². The van der Waals surface area contributed by atoms with Crippen molar-refractivity contribution in [2.75, 3.05) is 13.1 Å². The highest BCUT2D eigenvalue weighted by Crippen LogP contribution is 2.29. The Labute approximate surface area is 120 Å². The van der Waals surface area contributed by atoms with Crippen molar-refractivity contribution >= 4 is 21.8 Å². The molecule has 0 N–H and O–H groups in total. The maximum Gasteiger partial charge on any atom is 0.222 e. The van der Waals surface area contributed by atoms with Crippen LogP contribution in [0.25, 0.3) is 0 Å². The molecule has 0 radical (unpaired) electrons. The van der Waals surface area contributed by atoms with Gasteiger partial charge in [-0.15, -0.1) is 0 Å². The second-order valence-corrected chi connectivity index (χ2v) is 7.55. The molecule has 1 saturated heterocycles. The molecule has 18 heavy (non-hydrogen) atoms. The number of alkyl halides is 1. The summed E-state index contributed by atoms with van der Waals surface area (Å²) in [6.45, 7) is 4.18. The van der Waals surface area contributed by atoms with Gasteiger partial charge in [0, 0.05) is 24.3 Å². The maximum atomic E-state index is 12.3. The van der Waals surface area contributed by atoms with Crippen molar-refractivity contribution in [2.45, 2.75) is 63.1 Å². The summed E-state index contributed by atoms with van der Waals surface area (Å²) in [5.41, 5.74) is 0. The third kappa shape index (κ3) is 3.97. The van der Waals surface area contributed by atoms with Gasteiger partial charge in [0.15, 0.2) is 0 Å². The number of hydrogen-bond acceptors (Lipinski definition) is 1. The minimum atomic E-state index is 0.419. The summed E-state index contributed by atoms with van der Waals surface area (Å²) in [6.07, 6.45) is 9.75. The van der Waals surface area contributed by atoms with E-state index in [9.17, 15) is 4.79 Å². The lowest BCUT2D eigenvalue weighted by atomic mass is 9.86. The van der Waals surface area contributed by atoms with Gasteiger partial charge in [-0.1, -0.05) is 42.1 Å². The molecule has 2 fully saturated rings. The van der Waals surface area contributed by atoms with E-state index >= 15 is 0 Å². The van der Waals surface area contributed by atoms with Crippen LogP contribution in [0.2, 0.25) is 0 Å². The van der Waals surface area contributed by atoms with Crippen LogP contribution in [0.4, 0.5) is 0 Å². The Kier molecular flexibility index (Phi) is 5.53. The Morgan fingerprint density at radius 2 is 1.78 bits per heavy atom. The molecular formula is C15H26BrNO. The predicted molar refractivity (Wildman–Crippen MR) is 78.9 cm³/mol. The number of carbonyl (C=O) groups excluding carboxylic acids is 1. The lowest BCUT2D eigenvalue weighted by Gasteiger charge is -2.34. The molecule has 0 spiro atoms. The molecule has 2 rings (SSSR count). The van der Waals surface area contributed by atoms with Gasteiger partial charge >= 0.3 is 0 Å². The Hall–Kier alpha value is -0.0500. The van der Waals surface area contributed by atoms with Crippen molar-refractivity contribution in [3.63, 3.8) is 0 Å². The van der Waals surface area contributed by atoms with Gasteiger partial charge in [0.25, 0.3) is 0 Å². The zero-order valence-electron chi connectivity index (χ0n) is 11.5. The summed E-state index contributed by atoms with van der Waals surface area (Å²) in [5, 5.41) is 0. The molecule has 2 nitrogen and oxygen atoms in total. The molecule has 2 aliphatic rings. The smallest absolute Gasteiger partial charge is 0.222 e. The molecule has 104 valence electrons. The fourth-order valence-corrected chi connectivity index (χ4v) is 3.90. The second-order valence-electron chi connectivity index (χ2n) is 6.10. The third-order valence-electron chi connectivity index (χ3n) is 4.73. The molecule has 0 aromatic rings. The number of likely N-dealkylation sites (tertiary alicyclic amines) is 1. The fraction of sp³-hybridized carbons (Fsp3) is 0.933. The van der Waals surface area contributed by atoms with Gasteiger partial charge in [0.1, 0.15) is 0 Å². The highest BCUT2D eigenvalue weighted by molar-refractivity contribution is 9.09. The maximum absolute atomic E-state index is 12.3. The summed E-state index contributed by atoms with van der Waals surface area (Å²) in [5.74, 6) is 1.85. The average Bonchev–Trinajstić information content (AvgIpc) is 2.40. The largest absolute Gasteiger partial charge is 0.343 e. The van der Waals surface area contributed by atoms with Crippen LogP contribution in [0.3, 0.4) is 0 Å². The number of halogens is 1. The van der Waals surface area contributed by atoms with Crippen LogP contribution in [0.15, 0.2) is 0 Å². The first-order chi connectivity index (χ1) is 8.66. The predicted octanol–water partition coefficient (Wildman–Crippen LogP) is 3.98. The Morgan fingerprint density at radius 3 is 2.33 bits per heavy atom. The Bertz CT molecular complexity index is 266. The average molecular weight is 316 g/mol. The second kappa shape index (κ2) is 6.93. The summed E-state index contributed by atoms with van der Waals surface area (Å²) in [6, 6.07) is 0. The van der Waals surface area contributed by atoms with E-state index in [1.165, 1.54) is 44.9 Å². The van der Waals surface area contributed by atoms with Crippen LogP contribution in [0.1, 0.15) is 58.3 Å². The topological polar surface area (TPSA) is 20.3 Å². The molecule has 1 amide bonds. The van der Waals surface area contributed by atoms with Crippen molar-refractivity contribution in [3.8, 4) is 0 Å². The summed E-state index contributed by atoms with van der Waals surface area (Å²) < 4.78 is 0. The number of piperidine rings is 1. The minimum Gasteiger partial charge on any atom is -0.343 e. The molecule has 0 aromatic carbocycles. The first-order valence-corrected chi connectivity index (χ1v) is 8.50. The number of rotatable bonds is 3. The van der Waals surface area contributed by atoms with Crippen molar-refractivity contribution in [3.05, 3.63) is 0 Å². The third-order valence-corrected chi connectivity index (χ3v) is 5.48. The van der Waals surface area contributed by atoms with Gasteiger partial charge < -0.3 is 4.90 Å².